The predicted octanol–water partition coefficient (Wildman–Crippen LogP) is 7.12. The number of hydrogen-bond acceptors (Lipinski definition) is 3. The Morgan fingerprint density at radius 3 is 2.41 bits per heavy atom. The van der Waals surface area contributed by atoms with Crippen LogP contribution in [0.1, 0.15) is 88.6 Å². The van der Waals surface area contributed by atoms with E-state index >= 15 is 0 Å². The van der Waals surface area contributed by atoms with Gasteiger partial charge in [0.05, 0.1) is 11.8 Å². The Morgan fingerprint density at radius 2 is 1.72 bits per heavy atom. The fourth-order valence-corrected chi connectivity index (χ4v) is 6.05. The lowest BCUT2D eigenvalue weighted by atomic mass is 9.78. The van der Waals surface area contributed by atoms with E-state index in [1.54, 1.807) is 0 Å². The molecule has 0 radical (unpaired) electrons. The molecule has 0 N–H and O–H groups in total. The van der Waals surface area contributed by atoms with Gasteiger partial charge in [0.25, 0.3) is 0 Å². The van der Waals surface area contributed by atoms with Gasteiger partial charge in [-0.2, -0.15) is 0 Å². The highest BCUT2D eigenvalue weighted by Crippen LogP contribution is 2.38. The van der Waals surface area contributed by atoms with Crippen LogP contribution < -0.4 is 4.74 Å². The quantitative estimate of drug-likeness (QED) is 0.464. The van der Waals surface area contributed by atoms with Crippen LogP contribution in [0.3, 0.4) is 0 Å². The summed E-state index contributed by atoms with van der Waals surface area (Å²) in [6, 6.07) is 9.66. The molecular weight excluding hydrogens is 392 g/mol. The Balaban J connectivity index is 1.73. The van der Waals surface area contributed by atoms with Gasteiger partial charge in [-0.25, -0.2) is 0 Å². The highest BCUT2D eigenvalue weighted by Gasteiger charge is 2.34. The third-order valence-electron chi connectivity index (χ3n) is 7.63. The lowest BCUT2D eigenvalue weighted by Gasteiger charge is -2.44. The van der Waals surface area contributed by atoms with Crippen LogP contribution in [0.25, 0.3) is 11.3 Å². The molecule has 3 nitrogen and oxygen atoms in total. The molecule has 1 saturated heterocycles. The number of benzene rings is 1. The van der Waals surface area contributed by atoms with E-state index in [0.717, 1.165) is 48.5 Å². The highest BCUT2D eigenvalue weighted by atomic mass is 16.5. The molecule has 2 heterocycles. The van der Waals surface area contributed by atoms with Gasteiger partial charge in [0.15, 0.2) is 0 Å². The molecule has 1 aromatic carbocycles. The van der Waals surface area contributed by atoms with E-state index in [2.05, 4.69) is 63.8 Å². The van der Waals surface area contributed by atoms with Crippen molar-refractivity contribution in [2.24, 2.45) is 5.92 Å². The van der Waals surface area contributed by atoms with E-state index in [4.69, 9.17) is 9.72 Å². The summed E-state index contributed by atoms with van der Waals surface area (Å²) in [5.41, 5.74) is 7.56. The molecule has 0 bridgehead atoms. The molecule has 174 valence electrons. The van der Waals surface area contributed by atoms with E-state index in [1.807, 2.05) is 0 Å². The van der Waals surface area contributed by atoms with Crippen LogP contribution in [0, 0.1) is 12.8 Å². The van der Waals surface area contributed by atoms with Crippen molar-refractivity contribution in [3.8, 4) is 17.0 Å². The molecule has 32 heavy (non-hydrogen) atoms. The van der Waals surface area contributed by atoms with Crippen molar-refractivity contribution in [2.75, 3.05) is 6.54 Å². The summed E-state index contributed by atoms with van der Waals surface area (Å²) in [6.45, 7) is 13.1. The average Bonchev–Trinajstić information content (AvgIpc) is 2.80. The lowest BCUT2D eigenvalue weighted by Crippen LogP contribution is -2.46. The molecule has 2 fully saturated rings. The first-order valence-corrected chi connectivity index (χ1v) is 13.0. The second kappa shape index (κ2) is 10.4. The second-order valence-corrected chi connectivity index (χ2v) is 10.1. The van der Waals surface area contributed by atoms with Gasteiger partial charge in [-0.15, -0.1) is 0 Å². The number of ether oxygens (including phenoxy) is 1. The number of likely N-dealkylation sites (tertiary alicyclic amines) is 1. The third-order valence-corrected chi connectivity index (χ3v) is 7.63. The Kier molecular flexibility index (Phi) is 7.55. The van der Waals surface area contributed by atoms with Gasteiger partial charge >= 0.3 is 0 Å². The molecule has 0 amide bonds. The average molecular weight is 435 g/mol. The van der Waals surface area contributed by atoms with Crippen LogP contribution in [-0.4, -0.2) is 28.6 Å². The first kappa shape index (κ1) is 23.3. The van der Waals surface area contributed by atoms with Crippen molar-refractivity contribution in [1.29, 1.82) is 0 Å². The van der Waals surface area contributed by atoms with Crippen LogP contribution in [0.15, 0.2) is 24.3 Å². The Labute approximate surface area is 195 Å². The summed E-state index contributed by atoms with van der Waals surface area (Å²) in [4.78, 5) is 7.94. The Hall–Kier alpha value is -1.87. The minimum absolute atomic E-state index is 0.152. The van der Waals surface area contributed by atoms with Gasteiger partial charge in [-0.1, -0.05) is 44.9 Å². The van der Waals surface area contributed by atoms with Gasteiger partial charge in [-0.3, -0.25) is 9.88 Å². The summed E-state index contributed by atoms with van der Waals surface area (Å²) in [7, 11) is 0. The zero-order valence-electron chi connectivity index (χ0n) is 20.9. The first-order valence-electron chi connectivity index (χ1n) is 13.0. The monoisotopic (exact) mass is 434 g/mol. The maximum absolute atomic E-state index is 6.45. The second-order valence-electron chi connectivity index (χ2n) is 10.1. The molecule has 2 aliphatic rings. The highest BCUT2D eigenvalue weighted by molar-refractivity contribution is 5.70. The summed E-state index contributed by atoms with van der Waals surface area (Å²) in [5, 5.41) is 0. The molecular formula is C29H42N2O. The molecule has 1 aliphatic heterocycles. The number of aromatic nitrogens is 1. The van der Waals surface area contributed by atoms with Crippen molar-refractivity contribution in [1.82, 2.24) is 9.88 Å². The normalized spacial score (nSPS) is 21.6. The third kappa shape index (κ3) is 4.88. The van der Waals surface area contributed by atoms with Gasteiger partial charge in [-0.05, 0) is 82.9 Å². The van der Waals surface area contributed by atoms with Crippen LogP contribution >= 0.6 is 0 Å². The predicted molar refractivity (Wildman–Crippen MR) is 134 cm³/mol. The summed E-state index contributed by atoms with van der Waals surface area (Å²) in [6.07, 6.45) is 10.5. The van der Waals surface area contributed by atoms with Gasteiger partial charge in [0.2, 0.25) is 0 Å². The molecule has 2 aromatic rings. The maximum atomic E-state index is 6.45. The van der Waals surface area contributed by atoms with E-state index in [9.17, 15) is 0 Å². The molecule has 1 aliphatic carbocycles. The minimum Gasteiger partial charge on any atom is -0.491 e. The van der Waals surface area contributed by atoms with Crippen LogP contribution in [0.4, 0.5) is 0 Å². The first-order chi connectivity index (χ1) is 15.5. The standard InChI is InChI=1S/C29H42N2O/c1-6-22-13-10-14-23(7-2)29(22)26-18-28(32-20(3)4)25(21(5)30-26)19-31-17-11-15-24-12-8-9-16-27(24)31/h10,13-14,18,20,24,27H,6-9,11-12,15-17,19H2,1-5H3. The lowest BCUT2D eigenvalue weighted by molar-refractivity contribution is 0.0534. The number of hydrogen-bond donors (Lipinski definition) is 0. The number of fused-ring (bicyclic) bond motifs is 1. The van der Waals surface area contributed by atoms with Gasteiger partial charge < -0.3 is 4.74 Å². The van der Waals surface area contributed by atoms with Gasteiger partial charge in [0, 0.05) is 35.5 Å². The number of rotatable bonds is 7. The van der Waals surface area contributed by atoms with Crippen molar-refractivity contribution in [3.63, 3.8) is 0 Å². The van der Waals surface area contributed by atoms with E-state index in [0.29, 0.717) is 0 Å². The molecule has 3 heteroatoms. The molecule has 2 unspecified atom stereocenters. The number of pyridine rings is 1. The molecule has 1 aromatic heterocycles. The van der Waals surface area contributed by atoms with Crippen molar-refractivity contribution >= 4 is 0 Å². The zero-order valence-corrected chi connectivity index (χ0v) is 20.9. The molecule has 0 spiro atoms. The van der Waals surface area contributed by atoms with E-state index < -0.39 is 0 Å². The fraction of sp³-hybridized carbons (Fsp3) is 0.621. The van der Waals surface area contributed by atoms with E-state index in [-0.39, 0.29) is 6.10 Å². The van der Waals surface area contributed by atoms with Crippen LogP contribution in [-0.2, 0) is 19.4 Å². The number of nitrogens with zero attached hydrogens (tertiary/aromatic N) is 2. The summed E-state index contributed by atoms with van der Waals surface area (Å²) in [5.74, 6) is 1.93. The Bertz CT molecular complexity index is 895. The topological polar surface area (TPSA) is 25.4 Å². The Morgan fingerprint density at radius 1 is 1.03 bits per heavy atom. The number of aryl methyl sites for hydroxylation is 3. The van der Waals surface area contributed by atoms with Crippen LogP contribution in [0.5, 0.6) is 5.75 Å². The fourth-order valence-electron chi connectivity index (χ4n) is 6.05. The minimum atomic E-state index is 0.152. The van der Waals surface area contributed by atoms with Gasteiger partial charge in [0.1, 0.15) is 5.75 Å². The maximum Gasteiger partial charge on any atom is 0.128 e. The molecule has 2 atom stereocenters. The SMILES string of the molecule is CCc1cccc(CC)c1-c1cc(OC(C)C)c(CN2CCCC3CCCCC32)c(C)n1. The smallest absolute Gasteiger partial charge is 0.128 e. The summed E-state index contributed by atoms with van der Waals surface area (Å²) >= 11 is 0. The van der Waals surface area contributed by atoms with Crippen LogP contribution in [0.2, 0.25) is 0 Å². The van der Waals surface area contributed by atoms with Crippen molar-refractivity contribution in [2.45, 2.75) is 105 Å². The molecule has 1 saturated carbocycles. The summed E-state index contributed by atoms with van der Waals surface area (Å²) < 4.78 is 6.45. The van der Waals surface area contributed by atoms with E-state index in [1.165, 1.54) is 67.3 Å². The van der Waals surface area contributed by atoms with Crippen molar-refractivity contribution < 1.29 is 4.74 Å². The molecule has 4 rings (SSSR count). The van der Waals surface area contributed by atoms with Crippen molar-refractivity contribution in [3.05, 3.63) is 46.6 Å². The largest absolute Gasteiger partial charge is 0.491 e. The number of piperidine rings is 1. The zero-order chi connectivity index (χ0) is 22.7.